The van der Waals surface area contributed by atoms with E-state index < -0.39 is 0 Å². The van der Waals surface area contributed by atoms with Crippen LogP contribution < -0.4 is 11.1 Å². The molecule has 1 aromatic carbocycles. The van der Waals surface area contributed by atoms with Crippen LogP contribution in [0, 0.1) is 0 Å². The van der Waals surface area contributed by atoms with E-state index in [9.17, 15) is 0 Å². The fraction of sp³-hybridized carbons (Fsp3) is 0.0769. The summed E-state index contributed by atoms with van der Waals surface area (Å²) in [6.07, 6.45) is 5.20. The minimum atomic E-state index is 0.874. The summed E-state index contributed by atoms with van der Waals surface area (Å²) in [5.41, 5.74) is 8.22. The van der Waals surface area contributed by atoms with Crippen molar-refractivity contribution in [2.24, 2.45) is 5.73 Å². The second-order valence-electron chi connectivity index (χ2n) is 3.20. The minimum absolute atomic E-state index is 0.874. The number of nitrogens with one attached hydrogen (secondary N) is 1. The van der Waals surface area contributed by atoms with Crippen molar-refractivity contribution in [1.82, 2.24) is 0 Å². The van der Waals surface area contributed by atoms with Crippen LogP contribution in [0.2, 0.25) is 0 Å². The average Bonchev–Trinajstić information content (AvgIpc) is 2.27. The van der Waals surface area contributed by atoms with Crippen LogP contribution in [0.1, 0.15) is 6.92 Å². The zero-order valence-electron chi connectivity index (χ0n) is 8.90. The zero-order chi connectivity index (χ0) is 11.1. The molecule has 0 radical (unpaired) electrons. The Morgan fingerprint density at radius 3 is 2.60 bits per heavy atom. The standard InChI is InChI=1S/C13H16N2/c1-11(7-6-10-14)12(2)15-13-8-4-3-5-9-13/h3-10,15H,2,14H2,1H3/b10-6-,11-7-. The Bertz CT molecular complexity index is 375. The summed E-state index contributed by atoms with van der Waals surface area (Å²) in [7, 11) is 0. The van der Waals surface area contributed by atoms with Crippen molar-refractivity contribution in [3.8, 4) is 0 Å². The van der Waals surface area contributed by atoms with E-state index in [4.69, 9.17) is 5.73 Å². The molecule has 3 N–H and O–H groups in total. The normalized spacial score (nSPS) is 11.7. The third kappa shape index (κ3) is 3.73. The van der Waals surface area contributed by atoms with Gasteiger partial charge in [-0.15, -0.1) is 0 Å². The van der Waals surface area contributed by atoms with Gasteiger partial charge in [0.25, 0.3) is 0 Å². The highest BCUT2D eigenvalue weighted by Crippen LogP contribution is 2.13. The van der Waals surface area contributed by atoms with E-state index in [2.05, 4.69) is 11.9 Å². The van der Waals surface area contributed by atoms with Crippen LogP contribution in [-0.4, -0.2) is 0 Å². The van der Waals surface area contributed by atoms with Crippen molar-refractivity contribution in [2.75, 3.05) is 5.32 Å². The van der Waals surface area contributed by atoms with Crippen molar-refractivity contribution in [3.63, 3.8) is 0 Å². The summed E-state index contributed by atoms with van der Waals surface area (Å²) in [5, 5.41) is 3.21. The van der Waals surface area contributed by atoms with Gasteiger partial charge in [0.15, 0.2) is 0 Å². The van der Waals surface area contributed by atoms with Crippen molar-refractivity contribution in [3.05, 3.63) is 66.5 Å². The van der Waals surface area contributed by atoms with Crippen LogP contribution in [-0.2, 0) is 0 Å². The van der Waals surface area contributed by atoms with E-state index in [0.29, 0.717) is 0 Å². The molecule has 0 atom stereocenters. The Labute approximate surface area is 90.8 Å². The molecule has 0 aliphatic carbocycles. The molecule has 1 rings (SSSR count). The van der Waals surface area contributed by atoms with E-state index in [0.717, 1.165) is 17.0 Å². The Kier molecular flexibility index (Phi) is 4.23. The smallest absolute Gasteiger partial charge is 0.0384 e. The monoisotopic (exact) mass is 200 g/mol. The molecule has 0 heterocycles. The van der Waals surface area contributed by atoms with Gasteiger partial charge in [-0.25, -0.2) is 0 Å². The average molecular weight is 200 g/mol. The molecule has 0 bridgehead atoms. The molecule has 0 spiro atoms. The molecule has 2 nitrogen and oxygen atoms in total. The van der Waals surface area contributed by atoms with Gasteiger partial charge in [0, 0.05) is 11.4 Å². The first-order chi connectivity index (χ1) is 7.24. The molecule has 0 fully saturated rings. The van der Waals surface area contributed by atoms with Gasteiger partial charge in [-0.1, -0.05) is 30.9 Å². The van der Waals surface area contributed by atoms with Crippen LogP contribution in [0.3, 0.4) is 0 Å². The van der Waals surface area contributed by atoms with Gasteiger partial charge in [0.05, 0.1) is 0 Å². The minimum Gasteiger partial charge on any atom is -0.405 e. The highest BCUT2D eigenvalue weighted by molar-refractivity contribution is 5.52. The Hall–Kier alpha value is -1.96. The van der Waals surface area contributed by atoms with Crippen molar-refractivity contribution in [1.29, 1.82) is 0 Å². The molecule has 0 saturated heterocycles. The summed E-state index contributed by atoms with van der Waals surface area (Å²) in [4.78, 5) is 0. The summed E-state index contributed by atoms with van der Waals surface area (Å²) in [5.74, 6) is 0. The highest BCUT2D eigenvalue weighted by Gasteiger charge is 1.95. The van der Waals surface area contributed by atoms with Gasteiger partial charge in [0.2, 0.25) is 0 Å². The Morgan fingerprint density at radius 2 is 2.00 bits per heavy atom. The SMILES string of the molecule is C=C(Nc1ccccc1)/C(C)=C\C=C/N. The van der Waals surface area contributed by atoms with Gasteiger partial charge < -0.3 is 11.1 Å². The molecule has 0 unspecified atom stereocenters. The second kappa shape index (κ2) is 5.70. The zero-order valence-corrected chi connectivity index (χ0v) is 8.90. The first-order valence-electron chi connectivity index (χ1n) is 4.80. The van der Waals surface area contributed by atoms with E-state index in [1.165, 1.54) is 6.20 Å². The first kappa shape index (κ1) is 11.1. The molecule has 2 heteroatoms. The quantitative estimate of drug-likeness (QED) is 0.733. The lowest BCUT2D eigenvalue weighted by molar-refractivity contribution is 1.35. The van der Waals surface area contributed by atoms with Gasteiger partial charge in [-0.05, 0) is 36.9 Å². The molecule has 78 valence electrons. The van der Waals surface area contributed by atoms with Gasteiger partial charge in [-0.2, -0.15) is 0 Å². The number of hydrogen-bond donors (Lipinski definition) is 2. The Morgan fingerprint density at radius 1 is 1.33 bits per heavy atom. The molecular weight excluding hydrogens is 184 g/mol. The number of anilines is 1. The predicted octanol–water partition coefficient (Wildman–Crippen LogP) is 3.03. The molecule has 0 aliphatic rings. The van der Waals surface area contributed by atoms with Crippen LogP contribution in [0.15, 0.2) is 66.5 Å². The molecule has 0 saturated carbocycles. The largest absolute Gasteiger partial charge is 0.405 e. The predicted molar refractivity (Wildman–Crippen MR) is 66.3 cm³/mol. The van der Waals surface area contributed by atoms with E-state index in [-0.39, 0.29) is 0 Å². The highest BCUT2D eigenvalue weighted by atomic mass is 14.9. The third-order valence-corrected chi connectivity index (χ3v) is 2.00. The topological polar surface area (TPSA) is 38.0 Å². The number of nitrogens with two attached hydrogens (primary N) is 1. The fourth-order valence-corrected chi connectivity index (χ4v) is 1.09. The maximum atomic E-state index is 5.25. The molecule has 15 heavy (non-hydrogen) atoms. The van der Waals surface area contributed by atoms with Crippen LogP contribution >= 0.6 is 0 Å². The lowest BCUT2D eigenvalue weighted by Crippen LogP contribution is -1.98. The molecular formula is C13H16N2. The van der Waals surface area contributed by atoms with Gasteiger partial charge in [-0.3, -0.25) is 0 Å². The summed E-state index contributed by atoms with van der Waals surface area (Å²) >= 11 is 0. The number of allylic oxidation sites excluding steroid dienone is 3. The fourth-order valence-electron chi connectivity index (χ4n) is 1.09. The van der Waals surface area contributed by atoms with E-state index >= 15 is 0 Å². The van der Waals surface area contributed by atoms with Crippen LogP contribution in [0.4, 0.5) is 5.69 Å². The number of para-hydroxylation sites is 1. The number of hydrogen-bond acceptors (Lipinski definition) is 2. The Balaban J connectivity index is 2.64. The maximum Gasteiger partial charge on any atom is 0.0384 e. The molecule has 0 aromatic heterocycles. The number of benzene rings is 1. The van der Waals surface area contributed by atoms with Crippen molar-refractivity contribution >= 4 is 5.69 Å². The van der Waals surface area contributed by atoms with Crippen molar-refractivity contribution in [2.45, 2.75) is 6.92 Å². The van der Waals surface area contributed by atoms with E-state index in [1.54, 1.807) is 6.08 Å². The molecule has 0 amide bonds. The molecule has 1 aromatic rings. The summed E-state index contributed by atoms with van der Waals surface area (Å²) < 4.78 is 0. The summed E-state index contributed by atoms with van der Waals surface area (Å²) in [6.45, 7) is 5.93. The number of rotatable bonds is 4. The maximum absolute atomic E-state index is 5.25. The summed E-state index contributed by atoms with van der Waals surface area (Å²) in [6, 6.07) is 9.94. The molecule has 0 aliphatic heterocycles. The van der Waals surface area contributed by atoms with Gasteiger partial charge in [0.1, 0.15) is 0 Å². The van der Waals surface area contributed by atoms with E-state index in [1.807, 2.05) is 43.3 Å². The van der Waals surface area contributed by atoms with Crippen LogP contribution in [0.5, 0.6) is 0 Å². The van der Waals surface area contributed by atoms with Gasteiger partial charge >= 0.3 is 0 Å². The second-order valence-corrected chi connectivity index (χ2v) is 3.20. The lowest BCUT2D eigenvalue weighted by atomic mass is 10.2. The van der Waals surface area contributed by atoms with Crippen LogP contribution in [0.25, 0.3) is 0 Å². The lowest BCUT2D eigenvalue weighted by Gasteiger charge is -2.09. The third-order valence-electron chi connectivity index (χ3n) is 2.00. The van der Waals surface area contributed by atoms with Crippen molar-refractivity contribution < 1.29 is 0 Å². The first-order valence-corrected chi connectivity index (χ1v) is 4.80.